The molecule has 6 nitrogen and oxygen atoms in total. The smallest absolute Gasteiger partial charge is 0.283 e. The van der Waals surface area contributed by atoms with Crippen molar-refractivity contribution in [1.82, 2.24) is 25.4 Å². The number of carbonyl (C=O) groups is 1. The van der Waals surface area contributed by atoms with Crippen molar-refractivity contribution in [2.45, 2.75) is 32.2 Å². The molecular formula is C16H21N5OS. The highest BCUT2D eigenvalue weighted by Gasteiger charge is 2.31. The second-order valence-corrected chi connectivity index (χ2v) is 7.66. The van der Waals surface area contributed by atoms with Crippen molar-refractivity contribution in [3.63, 3.8) is 0 Å². The maximum atomic E-state index is 12.4. The fourth-order valence-electron chi connectivity index (χ4n) is 3.77. The van der Waals surface area contributed by atoms with Gasteiger partial charge in [0.2, 0.25) is 0 Å². The minimum atomic E-state index is -0.151. The van der Waals surface area contributed by atoms with Crippen LogP contribution >= 0.6 is 11.3 Å². The van der Waals surface area contributed by atoms with Crippen LogP contribution in [0.25, 0.3) is 0 Å². The normalized spacial score (nSPS) is 24.5. The molecule has 1 amide bonds. The number of hydrogen-bond donors (Lipinski definition) is 1. The lowest BCUT2D eigenvalue weighted by Crippen LogP contribution is -2.51. The highest BCUT2D eigenvalue weighted by Crippen LogP contribution is 2.33. The van der Waals surface area contributed by atoms with Crippen LogP contribution in [0.15, 0.2) is 23.7 Å². The van der Waals surface area contributed by atoms with E-state index in [1.54, 1.807) is 22.2 Å². The third-order valence-electron chi connectivity index (χ3n) is 4.78. The largest absolute Gasteiger partial charge is 0.287 e. The fourth-order valence-corrected chi connectivity index (χ4v) is 4.46. The molecule has 2 bridgehead atoms. The summed E-state index contributed by atoms with van der Waals surface area (Å²) in [5, 5.41) is 12.2. The van der Waals surface area contributed by atoms with Gasteiger partial charge in [0, 0.05) is 18.0 Å². The number of hydrazine groups is 1. The van der Waals surface area contributed by atoms with Gasteiger partial charge in [-0.25, -0.2) is 9.69 Å². The Morgan fingerprint density at radius 2 is 2.17 bits per heavy atom. The van der Waals surface area contributed by atoms with Gasteiger partial charge in [-0.05, 0) is 42.5 Å². The number of nitrogens with zero attached hydrogens (tertiary/aromatic N) is 4. The Hall–Kier alpha value is -1.73. The number of amides is 1. The van der Waals surface area contributed by atoms with Crippen molar-refractivity contribution < 1.29 is 4.79 Å². The van der Waals surface area contributed by atoms with Gasteiger partial charge in [-0.1, -0.05) is 17.7 Å². The monoisotopic (exact) mass is 331 g/mol. The number of fused-ring (bicyclic) bond motifs is 2. The highest BCUT2D eigenvalue weighted by molar-refractivity contribution is 7.09. The topological polar surface area (TPSA) is 63.1 Å². The number of carbonyl (C=O) groups excluding carboxylic acids is 1. The summed E-state index contributed by atoms with van der Waals surface area (Å²) in [7, 11) is 0. The predicted molar refractivity (Wildman–Crippen MR) is 87.9 cm³/mol. The molecule has 1 aliphatic carbocycles. The average Bonchev–Trinajstić information content (AvgIpc) is 3.19. The summed E-state index contributed by atoms with van der Waals surface area (Å²) in [5.41, 5.74) is 3.40. The Labute approximate surface area is 139 Å². The SMILES string of the molecule is O=C(NN1CC2CCCC(C2)C1)c1cn(Cc2cccs2)nn1. The Morgan fingerprint density at radius 1 is 1.35 bits per heavy atom. The number of nitrogens with one attached hydrogen (secondary N) is 1. The quantitative estimate of drug-likeness (QED) is 0.932. The third kappa shape index (κ3) is 3.45. The summed E-state index contributed by atoms with van der Waals surface area (Å²) in [6.45, 7) is 2.59. The zero-order valence-electron chi connectivity index (χ0n) is 13.0. The molecule has 2 fully saturated rings. The third-order valence-corrected chi connectivity index (χ3v) is 5.64. The first-order chi connectivity index (χ1) is 11.3. The molecule has 2 unspecified atom stereocenters. The number of rotatable bonds is 4. The van der Waals surface area contributed by atoms with Crippen molar-refractivity contribution in [2.24, 2.45) is 11.8 Å². The predicted octanol–water partition coefficient (Wildman–Crippen LogP) is 2.15. The highest BCUT2D eigenvalue weighted by atomic mass is 32.1. The molecule has 122 valence electrons. The molecular weight excluding hydrogens is 310 g/mol. The summed E-state index contributed by atoms with van der Waals surface area (Å²) in [6, 6.07) is 4.07. The molecule has 1 saturated carbocycles. The minimum absolute atomic E-state index is 0.151. The van der Waals surface area contributed by atoms with E-state index in [-0.39, 0.29) is 5.91 Å². The first-order valence-electron chi connectivity index (χ1n) is 8.25. The molecule has 0 radical (unpaired) electrons. The molecule has 2 aliphatic rings. The van der Waals surface area contributed by atoms with E-state index >= 15 is 0 Å². The van der Waals surface area contributed by atoms with Gasteiger partial charge in [0.05, 0.1) is 12.7 Å². The van der Waals surface area contributed by atoms with Crippen LogP contribution in [0.2, 0.25) is 0 Å². The summed E-state index contributed by atoms with van der Waals surface area (Å²) in [6.07, 6.45) is 6.97. The number of hydrogen-bond acceptors (Lipinski definition) is 5. The van der Waals surface area contributed by atoms with Gasteiger partial charge in [0.1, 0.15) is 0 Å². The number of piperidine rings is 1. The first kappa shape index (κ1) is 14.8. The molecule has 2 aromatic heterocycles. The van der Waals surface area contributed by atoms with Crippen LogP contribution in [0.5, 0.6) is 0 Å². The van der Waals surface area contributed by atoms with E-state index in [9.17, 15) is 4.79 Å². The summed E-state index contributed by atoms with van der Waals surface area (Å²) < 4.78 is 1.71. The van der Waals surface area contributed by atoms with E-state index in [1.807, 2.05) is 11.4 Å². The minimum Gasteiger partial charge on any atom is -0.283 e. The van der Waals surface area contributed by atoms with Crippen LogP contribution in [-0.4, -0.2) is 39.0 Å². The van der Waals surface area contributed by atoms with Gasteiger partial charge < -0.3 is 0 Å². The van der Waals surface area contributed by atoms with Crippen LogP contribution in [0.4, 0.5) is 0 Å². The van der Waals surface area contributed by atoms with E-state index in [1.165, 1.54) is 30.6 Å². The Kier molecular flexibility index (Phi) is 4.13. The molecule has 1 aliphatic heterocycles. The molecule has 4 rings (SSSR count). The van der Waals surface area contributed by atoms with Crippen molar-refractivity contribution in [1.29, 1.82) is 0 Å². The maximum absolute atomic E-state index is 12.4. The fraction of sp³-hybridized carbons (Fsp3) is 0.562. The van der Waals surface area contributed by atoms with Crippen molar-refractivity contribution >= 4 is 17.2 Å². The van der Waals surface area contributed by atoms with Crippen LogP contribution in [0.1, 0.15) is 41.0 Å². The number of aromatic nitrogens is 3. The second kappa shape index (κ2) is 6.41. The molecule has 23 heavy (non-hydrogen) atoms. The molecule has 0 aromatic carbocycles. The van der Waals surface area contributed by atoms with Crippen LogP contribution in [0, 0.1) is 11.8 Å². The average molecular weight is 331 g/mol. The van der Waals surface area contributed by atoms with Crippen molar-refractivity contribution in [3.05, 3.63) is 34.3 Å². The Balaban J connectivity index is 1.36. The lowest BCUT2D eigenvalue weighted by atomic mass is 9.78. The van der Waals surface area contributed by atoms with Crippen molar-refractivity contribution in [2.75, 3.05) is 13.1 Å². The van der Waals surface area contributed by atoms with E-state index in [4.69, 9.17) is 0 Å². The number of thiophene rings is 1. The molecule has 2 atom stereocenters. The van der Waals surface area contributed by atoms with Gasteiger partial charge in [-0.15, -0.1) is 16.4 Å². The summed E-state index contributed by atoms with van der Waals surface area (Å²) in [5.74, 6) is 1.32. The van der Waals surface area contributed by atoms with Gasteiger partial charge in [0.15, 0.2) is 5.69 Å². The molecule has 7 heteroatoms. The molecule has 3 heterocycles. The molecule has 0 spiro atoms. The Morgan fingerprint density at radius 3 is 2.91 bits per heavy atom. The van der Waals surface area contributed by atoms with Crippen LogP contribution < -0.4 is 5.43 Å². The molecule has 1 N–H and O–H groups in total. The summed E-state index contributed by atoms with van der Waals surface area (Å²) >= 11 is 1.68. The van der Waals surface area contributed by atoms with Gasteiger partial charge in [-0.2, -0.15) is 0 Å². The van der Waals surface area contributed by atoms with Crippen LogP contribution in [-0.2, 0) is 6.54 Å². The van der Waals surface area contributed by atoms with E-state index < -0.39 is 0 Å². The van der Waals surface area contributed by atoms with Crippen LogP contribution in [0.3, 0.4) is 0 Å². The second-order valence-electron chi connectivity index (χ2n) is 6.63. The first-order valence-corrected chi connectivity index (χ1v) is 9.12. The maximum Gasteiger partial charge on any atom is 0.287 e. The Bertz CT molecular complexity index is 656. The van der Waals surface area contributed by atoms with Gasteiger partial charge in [0.25, 0.3) is 5.91 Å². The summed E-state index contributed by atoms with van der Waals surface area (Å²) in [4.78, 5) is 13.6. The molecule has 2 aromatic rings. The van der Waals surface area contributed by atoms with E-state index in [2.05, 4.69) is 26.8 Å². The zero-order valence-corrected chi connectivity index (χ0v) is 13.8. The standard InChI is InChI=1S/C16H21N5OS/c22-16(18-20-8-12-3-1-4-13(7-12)9-20)15-11-21(19-17-15)10-14-5-2-6-23-14/h2,5-6,11-13H,1,3-4,7-10H2,(H,18,22). The van der Waals surface area contributed by atoms with Gasteiger partial charge >= 0.3 is 0 Å². The van der Waals surface area contributed by atoms with E-state index in [0.29, 0.717) is 12.2 Å². The van der Waals surface area contributed by atoms with Crippen molar-refractivity contribution in [3.8, 4) is 0 Å². The lowest BCUT2D eigenvalue weighted by Gasteiger charge is -2.41. The lowest BCUT2D eigenvalue weighted by molar-refractivity contribution is 0.0389. The van der Waals surface area contributed by atoms with Gasteiger partial charge in [-0.3, -0.25) is 10.2 Å². The molecule has 1 saturated heterocycles. The van der Waals surface area contributed by atoms with E-state index in [0.717, 1.165) is 24.9 Å². The zero-order chi connectivity index (χ0) is 15.6.